The molecule has 8 heteroatoms. The molecular formula is C15H14Cl2N2O4. The van der Waals surface area contributed by atoms with Gasteiger partial charge in [-0.3, -0.25) is 14.9 Å². The average molecular weight is 357 g/mol. The summed E-state index contributed by atoms with van der Waals surface area (Å²) in [5.41, 5.74) is 0.444. The number of furan rings is 1. The van der Waals surface area contributed by atoms with Gasteiger partial charge in [-0.2, -0.15) is 0 Å². The lowest BCUT2D eigenvalue weighted by Gasteiger charge is -2.14. The molecule has 0 saturated carbocycles. The lowest BCUT2D eigenvalue weighted by atomic mass is 10.2. The topological polar surface area (TPSA) is 91.6 Å². The molecule has 0 aliphatic carbocycles. The van der Waals surface area contributed by atoms with Crippen LogP contribution in [0.5, 0.6) is 0 Å². The van der Waals surface area contributed by atoms with Gasteiger partial charge >= 0.3 is 5.97 Å². The van der Waals surface area contributed by atoms with Crippen LogP contribution in [-0.2, 0) is 16.1 Å². The maximum atomic E-state index is 12.0. The number of carboxylic acid groups (broad SMARTS) is 1. The molecule has 0 saturated heterocycles. The molecule has 0 fully saturated rings. The highest BCUT2D eigenvalue weighted by molar-refractivity contribution is 6.42. The zero-order valence-electron chi connectivity index (χ0n) is 11.9. The summed E-state index contributed by atoms with van der Waals surface area (Å²) in [7, 11) is 0. The monoisotopic (exact) mass is 356 g/mol. The fourth-order valence-electron chi connectivity index (χ4n) is 1.86. The van der Waals surface area contributed by atoms with Gasteiger partial charge in [-0.25, -0.2) is 0 Å². The van der Waals surface area contributed by atoms with Crippen molar-refractivity contribution in [1.29, 1.82) is 0 Å². The van der Waals surface area contributed by atoms with Gasteiger partial charge in [0.25, 0.3) is 0 Å². The van der Waals surface area contributed by atoms with Gasteiger partial charge in [0.15, 0.2) is 0 Å². The summed E-state index contributed by atoms with van der Waals surface area (Å²) < 4.78 is 5.11. The molecule has 6 nitrogen and oxygen atoms in total. The second kappa shape index (κ2) is 8.01. The second-order valence-corrected chi connectivity index (χ2v) is 5.55. The van der Waals surface area contributed by atoms with Crippen molar-refractivity contribution in [3.8, 4) is 0 Å². The van der Waals surface area contributed by atoms with Crippen molar-refractivity contribution in [2.24, 2.45) is 0 Å². The fourth-order valence-corrected chi connectivity index (χ4v) is 2.15. The third-order valence-electron chi connectivity index (χ3n) is 2.99. The van der Waals surface area contributed by atoms with E-state index in [1.54, 1.807) is 24.3 Å². The molecule has 23 heavy (non-hydrogen) atoms. The number of hydrogen-bond acceptors (Lipinski definition) is 4. The molecule has 122 valence electrons. The number of amides is 1. The number of hydrogen-bond donors (Lipinski definition) is 3. The molecule has 0 aliphatic heterocycles. The Bertz CT molecular complexity index is 689. The number of carbonyl (C=O) groups excluding carboxylic acids is 1. The summed E-state index contributed by atoms with van der Waals surface area (Å²) in [4.78, 5) is 23.2. The minimum atomic E-state index is -1.12. The highest BCUT2D eigenvalue weighted by atomic mass is 35.5. The minimum absolute atomic E-state index is 0.212. The number of anilines is 1. The van der Waals surface area contributed by atoms with E-state index in [0.29, 0.717) is 21.5 Å². The Hall–Kier alpha value is -2.02. The van der Waals surface area contributed by atoms with Crippen molar-refractivity contribution in [1.82, 2.24) is 5.32 Å². The Balaban J connectivity index is 1.91. The standard InChI is InChI=1S/C15H14Cl2N2O4/c16-11-4-3-9(6-12(11)17)19-14(20)7-13(15(21)22)18-8-10-2-1-5-23-10/h1-6,13,18H,7-8H2,(H,19,20)(H,21,22)/t13-/m1/s1. The van der Waals surface area contributed by atoms with E-state index in [1.807, 2.05) is 0 Å². The molecule has 2 rings (SSSR count). The van der Waals surface area contributed by atoms with Crippen molar-refractivity contribution in [2.45, 2.75) is 19.0 Å². The molecule has 3 N–H and O–H groups in total. The summed E-state index contributed by atoms with van der Waals surface area (Å²) in [5, 5.41) is 15.2. The van der Waals surface area contributed by atoms with Gasteiger partial charge in [-0.1, -0.05) is 23.2 Å². The molecule has 1 atom stereocenters. The van der Waals surface area contributed by atoms with Gasteiger partial charge in [-0.05, 0) is 30.3 Å². The largest absolute Gasteiger partial charge is 0.480 e. The predicted molar refractivity (Wildman–Crippen MR) is 86.7 cm³/mol. The number of carbonyl (C=O) groups is 2. The fraction of sp³-hybridized carbons (Fsp3) is 0.200. The molecule has 1 aromatic heterocycles. The van der Waals surface area contributed by atoms with E-state index in [4.69, 9.17) is 27.6 Å². The van der Waals surface area contributed by atoms with Gasteiger partial charge in [0, 0.05) is 5.69 Å². The first-order valence-electron chi connectivity index (χ1n) is 6.69. The van der Waals surface area contributed by atoms with Crippen LogP contribution in [0, 0.1) is 0 Å². The first-order valence-corrected chi connectivity index (χ1v) is 7.45. The molecular weight excluding hydrogens is 343 g/mol. The number of nitrogens with one attached hydrogen (secondary N) is 2. The van der Waals surface area contributed by atoms with Gasteiger partial charge < -0.3 is 14.8 Å². The Kier molecular flexibility index (Phi) is 6.04. The van der Waals surface area contributed by atoms with Gasteiger partial charge in [0.1, 0.15) is 11.8 Å². The van der Waals surface area contributed by atoms with Crippen LogP contribution >= 0.6 is 23.2 Å². The molecule has 1 aromatic carbocycles. The van der Waals surface area contributed by atoms with Crippen LogP contribution in [0.3, 0.4) is 0 Å². The first kappa shape index (κ1) is 17.3. The van der Waals surface area contributed by atoms with Crippen LogP contribution in [0.4, 0.5) is 5.69 Å². The molecule has 0 bridgehead atoms. The van der Waals surface area contributed by atoms with Crippen molar-refractivity contribution in [3.63, 3.8) is 0 Å². The zero-order valence-corrected chi connectivity index (χ0v) is 13.4. The molecule has 0 radical (unpaired) electrons. The lowest BCUT2D eigenvalue weighted by Crippen LogP contribution is -2.39. The van der Waals surface area contributed by atoms with Crippen LogP contribution in [0.25, 0.3) is 0 Å². The van der Waals surface area contributed by atoms with Crippen molar-refractivity contribution >= 4 is 40.8 Å². The summed E-state index contributed by atoms with van der Waals surface area (Å²) in [5.74, 6) is -0.996. The third kappa shape index (κ3) is 5.28. The first-order chi connectivity index (χ1) is 11.0. The smallest absolute Gasteiger partial charge is 0.321 e. The van der Waals surface area contributed by atoms with E-state index >= 15 is 0 Å². The molecule has 0 spiro atoms. The maximum Gasteiger partial charge on any atom is 0.321 e. The van der Waals surface area contributed by atoms with Crippen LogP contribution in [-0.4, -0.2) is 23.0 Å². The Morgan fingerprint density at radius 3 is 2.61 bits per heavy atom. The Morgan fingerprint density at radius 2 is 2.00 bits per heavy atom. The number of halogens is 2. The number of carboxylic acids is 1. The zero-order chi connectivity index (χ0) is 16.8. The van der Waals surface area contributed by atoms with Crippen molar-refractivity contribution < 1.29 is 19.1 Å². The molecule has 0 aliphatic rings. The van der Waals surface area contributed by atoms with Crippen LogP contribution in [0.15, 0.2) is 41.0 Å². The van der Waals surface area contributed by atoms with E-state index in [9.17, 15) is 14.7 Å². The quantitative estimate of drug-likeness (QED) is 0.708. The summed E-state index contributed by atoms with van der Waals surface area (Å²) in [6.45, 7) is 0.212. The molecule has 1 amide bonds. The maximum absolute atomic E-state index is 12.0. The minimum Gasteiger partial charge on any atom is -0.480 e. The SMILES string of the molecule is O=C(C[C@@H](NCc1ccco1)C(=O)O)Nc1ccc(Cl)c(Cl)c1. The van der Waals surface area contributed by atoms with Crippen LogP contribution < -0.4 is 10.6 Å². The number of aliphatic carboxylic acids is 1. The molecule has 0 unspecified atom stereocenters. The normalized spacial score (nSPS) is 11.9. The lowest BCUT2D eigenvalue weighted by molar-refractivity contribution is -0.141. The number of benzene rings is 1. The summed E-state index contributed by atoms with van der Waals surface area (Å²) in [6, 6.07) is 6.99. The van der Waals surface area contributed by atoms with E-state index < -0.39 is 17.9 Å². The average Bonchev–Trinajstić information content (AvgIpc) is 3.00. The van der Waals surface area contributed by atoms with Gasteiger partial charge in [0.05, 0.1) is 29.3 Å². The van der Waals surface area contributed by atoms with Crippen LogP contribution in [0.1, 0.15) is 12.2 Å². The van der Waals surface area contributed by atoms with Gasteiger partial charge in [-0.15, -0.1) is 0 Å². The predicted octanol–water partition coefficient (Wildman–Crippen LogP) is 3.16. The van der Waals surface area contributed by atoms with Crippen molar-refractivity contribution in [3.05, 3.63) is 52.4 Å². The molecule has 1 heterocycles. The number of rotatable bonds is 7. The molecule has 2 aromatic rings. The van der Waals surface area contributed by atoms with E-state index in [0.717, 1.165) is 0 Å². The van der Waals surface area contributed by atoms with Gasteiger partial charge in [0.2, 0.25) is 5.91 Å². The Labute approximate surface area is 142 Å². The highest BCUT2D eigenvalue weighted by Gasteiger charge is 2.21. The highest BCUT2D eigenvalue weighted by Crippen LogP contribution is 2.25. The summed E-state index contributed by atoms with van der Waals surface area (Å²) >= 11 is 11.7. The van der Waals surface area contributed by atoms with Crippen molar-refractivity contribution in [2.75, 3.05) is 5.32 Å². The van der Waals surface area contributed by atoms with E-state index in [-0.39, 0.29) is 13.0 Å². The summed E-state index contributed by atoms with van der Waals surface area (Å²) in [6.07, 6.45) is 1.25. The second-order valence-electron chi connectivity index (χ2n) is 4.73. The van der Waals surface area contributed by atoms with E-state index in [2.05, 4.69) is 10.6 Å². The Morgan fingerprint density at radius 1 is 1.22 bits per heavy atom. The van der Waals surface area contributed by atoms with Crippen LogP contribution in [0.2, 0.25) is 10.0 Å². The third-order valence-corrected chi connectivity index (χ3v) is 3.73. The van der Waals surface area contributed by atoms with E-state index in [1.165, 1.54) is 12.3 Å².